The third-order valence-corrected chi connectivity index (χ3v) is 5.45. The molecule has 0 spiro atoms. The molecule has 2 aromatic rings. The maximum absolute atomic E-state index is 12.5. The zero-order chi connectivity index (χ0) is 22.5. The Labute approximate surface area is 180 Å². The topological polar surface area (TPSA) is 127 Å². The maximum atomic E-state index is 12.5. The van der Waals surface area contributed by atoms with E-state index in [1.54, 1.807) is 17.0 Å². The number of nitrogens with one attached hydrogen (secondary N) is 1. The van der Waals surface area contributed by atoms with Gasteiger partial charge in [0.05, 0.1) is 0 Å². The van der Waals surface area contributed by atoms with Gasteiger partial charge in [0.1, 0.15) is 0 Å². The van der Waals surface area contributed by atoms with Crippen LogP contribution >= 0.6 is 0 Å². The summed E-state index contributed by atoms with van der Waals surface area (Å²) in [6, 6.07) is 9.27. The number of hydrogen-bond acceptors (Lipinski definition) is 6. The Bertz CT molecular complexity index is 955. The molecule has 0 atom stereocenters. The van der Waals surface area contributed by atoms with Crippen molar-refractivity contribution in [2.75, 3.05) is 13.1 Å². The molecule has 0 unspecified atom stereocenters. The van der Waals surface area contributed by atoms with Gasteiger partial charge in [0.25, 0.3) is 5.91 Å². The minimum atomic E-state index is -0.677. The summed E-state index contributed by atoms with van der Waals surface area (Å²) >= 11 is 0. The predicted molar refractivity (Wildman–Crippen MR) is 113 cm³/mol. The lowest BCUT2D eigenvalue weighted by molar-refractivity contribution is -0.132. The minimum absolute atomic E-state index is 0.0286. The number of nitrogens with zero attached hydrogens (tertiary/aromatic N) is 1. The summed E-state index contributed by atoms with van der Waals surface area (Å²) in [6.45, 7) is 2.88. The molecule has 1 fully saturated rings. The highest BCUT2D eigenvalue weighted by Gasteiger charge is 2.25. The molecule has 0 saturated carbocycles. The fraction of sp³-hybridized carbons (Fsp3) is 0.348. The van der Waals surface area contributed by atoms with E-state index in [0.29, 0.717) is 31.5 Å². The average Bonchev–Trinajstić information content (AvgIpc) is 2.76. The number of hydrogen-bond donors (Lipinski definition) is 4. The number of ketones is 1. The van der Waals surface area contributed by atoms with Crippen molar-refractivity contribution < 1.29 is 29.7 Å². The first kappa shape index (κ1) is 22.1. The highest BCUT2D eigenvalue weighted by Crippen LogP contribution is 2.35. The largest absolute Gasteiger partial charge is 0.504 e. The first-order valence-electron chi connectivity index (χ1n) is 10.2. The summed E-state index contributed by atoms with van der Waals surface area (Å²) in [5.41, 5.74) is 1.70. The average molecular weight is 426 g/mol. The van der Waals surface area contributed by atoms with E-state index in [9.17, 15) is 29.7 Å². The Hall–Kier alpha value is -3.55. The first-order valence-corrected chi connectivity index (χ1v) is 10.2. The standard InChI is InChI=1S/C23H26N2O6/c1-14-2-4-15(5-3-14)18(26)6-7-21(29)25-10-8-17(9-11-25)24-23(31)16-12-19(27)22(30)20(28)13-16/h2-5,12-13,17,27-28,30H,6-11H2,1H3,(H,24,31). The van der Waals surface area contributed by atoms with E-state index in [4.69, 9.17) is 0 Å². The Morgan fingerprint density at radius 3 is 2.10 bits per heavy atom. The van der Waals surface area contributed by atoms with Crippen LogP contribution in [-0.2, 0) is 4.79 Å². The molecular formula is C23H26N2O6. The molecule has 2 amide bonds. The van der Waals surface area contributed by atoms with E-state index >= 15 is 0 Å². The molecule has 31 heavy (non-hydrogen) atoms. The van der Waals surface area contributed by atoms with E-state index in [1.165, 1.54) is 0 Å². The number of amides is 2. The molecule has 2 aromatic carbocycles. The predicted octanol–water partition coefficient (Wildman–Crippen LogP) is 2.50. The molecule has 1 aliphatic rings. The van der Waals surface area contributed by atoms with Gasteiger partial charge in [-0.15, -0.1) is 0 Å². The van der Waals surface area contributed by atoms with Crippen LogP contribution in [0, 0.1) is 6.92 Å². The van der Waals surface area contributed by atoms with Gasteiger partial charge >= 0.3 is 0 Å². The molecule has 0 aliphatic carbocycles. The Balaban J connectivity index is 1.45. The summed E-state index contributed by atoms with van der Waals surface area (Å²) < 4.78 is 0. The molecule has 4 N–H and O–H groups in total. The molecule has 8 heteroatoms. The van der Waals surface area contributed by atoms with Crippen molar-refractivity contribution in [2.45, 2.75) is 38.6 Å². The quantitative estimate of drug-likeness (QED) is 0.415. The Morgan fingerprint density at radius 1 is 0.935 bits per heavy atom. The summed E-state index contributed by atoms with van der Waals surface area (Å²) in [6.07, 6.45) is 1.42. The van der Waals surface area contributed by atoms with Crippen LogP contribution in [0.2, 0.25) is 0 Å². The van der Waals surface area contributed by atoms with Crippen LogP contribution < -0.4 is 5.32 Å². The number of phenolic OH excluding ortho intramolecular Hbond substituents is 3. The second kappa shape index (κ2) is 9.51. The van der Waals surface area contributed by atoms with Crippen molar-refractivity contribution in [3.05, 3.63) is 53.1 Å². The molecule has 164 valence electrons. The van der Waals surface area contributed by atoms with E-state index in [2.05, 4.69) is 5.32 Å². The van der Waals surface area contributed by atoms with Crippen molar-refractivity contribution >= 4 is 17.6 Å². The van der Waals surface area contributed by atoms with Gasteiger partial charge in [-0.05, 0) is 31.9 Å². The number of Topliss-reactive ketones (excluding diaryl/α,β-unsaturated/α-hetero) is 1. The molecule has 8 nitrogen and oxygen atoms in total. The molecule has 3 rings (SSSR count). The van der Waals surface area contributed by atoms with E-state index in [0.717, 1.165) is 17.7 Å². The first-order chi connectivity index (χ1) is 14.7. The fourth-order valence-electron chi connectivity index (χ4n) is 3.54. The lowest BCUT2D eigenvalue weighted by Gasteiger charge is -2.32. The van der Waals surface area contributed by atoms with Crippen LogP contribution in [-0.4, -0.2) is 56.9 Å². The van der Waals surface area contributed by atoms with E-state index in [-0.39, 0.29) is 36.1 Å². The van der Waals surface area contributed by atoms with Crippen LogP contribution in [0.25, 0.3) is 0 Å². The van der Waals surface area contributed by atoms with E-state index < -0.39 is 23.2 Å². The minimum Gasteiger partial charge on any atom is -0.504 e. The molecule has 0 bridgehead atoms. The van der Waals surface area contributed by atoms with Crippen molar-refractivity contribution in [3.8, 4) is 17.2 Å². The van der Waals surface area contributed by atoms with E-state index in [1.807, 2.05) is 19.1 Å². The van der Waals surface area contributed by atoms with Gasteiger partial charge in [-0.2, -0.15) is 0 Å². The smallest absolute Gasteiger partial charge is 0.251 e. The monoisotopic (exact) mass is 426 g/mol. The van der Waals surface area contributed by atoms with Gasteiger partial charge in [-0.1, -0.05) is 29.8 Å². The molecule has 1 aliphatic heterocycles. The van der Waals surface area contributed by atoms with Gasteiger partial charge < -0.3 is 25.5 Å². The highest BCUT2D eigenvalue weighted by atomic mass is 16.3. The van der Waals surface area contributed by atoms with Crippen molar-refractivity contribution in [3.63, 3.8) is 0 Å². The SMILES string of the molecule is Cc1ccc(C(=O)CCC(=O)N2CCC(NC(=O)c3cc(O)c(O)c(O)c3)CC2)cc1. The number of aryl methyl sites for hydroxylation is 1. The zero-order valence-electron chi connectivity index (χ0n) is 17.3. The van der Waals surface area contributed by atoms with Crippen molar-refractivity contribution in [1.82, 2.24) is 10.2 Å². The van der Waals surface area contributed by atoms with Crippen LogP contribution in [0.5, 0.6) is 17.2 Å². The Kier molecular flexibility index (Phi) is 6.79. The number of piperidine rings is 1. The second-order valence-electron chi connectivity index (χ2n) is 7.78. The zero-order valence-corrected chi connectivity index (χ0v) is 17.3. The number of benzene rings is 2. The highest BCUT2D eigenvalue weighted by molar-refractivity contribution is 5.98. The summed E-state index contributed by atoms with van der Waals surface area (Å²) in [4.78, 5) is 38.7. The lowest BCUT2D eigenvalue weighted by Crippen LogP contribution is -2.46. The fourth-order valence-corrected chi connectivity index (χ4v) is 3.54. The molecule has 1 saturated heterocycles. The normalized spacial score (nSPS) is 14.3. The number of rotatable bonds is 6. The lowest BCUT2D eigenvalue weighted by atomic mass is 10.0. The number of likely N-dealkylation sites (tertiary alicyclic amines) is 1. The summed E-state index contributed by atoms with van der Waals surface area (Å²) in [7, 11) is 0. The molecule has 1 heterocycles. The van der Waals surface area contributed by atoms with Crippen LogP contribution in [0.1, 0.15) is 52.0 Å². The van der Waals surface area contributed by atoms with Crippen molar-refractivity contribution in [1.29, 1.82) is 0 Å². The Morgan fingerprint density at radius 2 is 1.52 bits per heavy atom. The number of carbonyl (C=O) groups excluding carboxylic acids is 3. The van der Waals surface area contributed by atoms with Gasteiger partial charge in [-0.3, -0.25) is 14.4 Å². The molecule has 0 radical (unpaired) electrons. The molecular weight excluding hydrogens is 400 g/mol. The number of aromatic hydroxyl groups is 3. The van der Waals surface area contributed by atoms with Gasteiger partial charge in [0.15, 0.2) is 23.0 Å². The van der Waals surface area contributed by atoms with Crippen LogP contribution in [0.15, 0.2) is 36.4 Å². The maximum Gasteiger partial charge on any atom is 0.251 e. The van der Waals surface area contributed by atoms with Gasteiger partial charge in [0.2, 0.25) is 5.91 Å². The third kappa shape index (κ3) is 5.53. The summed E-state index contributed by atoms with van der Waals surface area (Å²) in [5, 5.41) is 31.3. The van der Waals surface area contributed by atoms with Crippen molar-refractivity contribution in [2.24, 2.45) is 0 Å². The molecule has 0 aromatic heterocycles. The second-order valence-corrected chi connectivity index (χ2v) is 7.78. The summed E-state index contributed by atoms with van der Waals surface area (Å²) in [5.74, 6) is -2.46. The van der Waals surface area contributed by atoms with Gasteiger partial charge in [0, 0.05) is 43.1 Å². The van der Waals surface area contributed by atoms with Crippen LogP contribution in [0.4, 0.5) is 0 Å². The third-order valence-electron chi connectivity index (χ3n) is 5.45. The number of carbonyl (C=O) groups is 3. The number of phenols is 3. The van der Waals surface area contributed by atoms with Crippen LogP contribution in [0.3, 0.4) is 0 Å². The van der Waals surface area contributed by atoms with Gasteiger partial charge in [-0.25, -0.2) is 0 Å².